The zero-order chi connectivity index (χ0) is 8.97. The van der Waals surface area contributed by atoms with Crippen molar-refractivity contribution in [2.75, 3.05) is 0 Å². The van der Waals surface area contributed by atoms with Crippen LogP contribution in [0.15, 0.2) is 29.4 Å². The molecule has 1 aromatic rings. The molecule has 0 fully saturated rings. The molecule has 0 saturated heterocycles. The van der Waals surface area contributed by atoms with E-state index in [0.29, 0.717) is 0 Å². The molecule has 0 radical (unpaired) electrons. The minimum absolute atomic E-state index is 0.873. The van der Waals surface area contributed by atoms with E-state index in [1.807, 2.05) is 19.1 Å². The zero-order valence-electron chi connectivity index (χ0n) is 7.54. The molecule has 2 nitrogen and oxygen atoms in total. The van der Waals surface area contributed by atoms with E-state index >= 15 is 0 Å². The SMILES string of the molecule is CCc1ccc(/C(C)=N/N)cc1. The van der Waals surface area contributed by atoms with Gasteiger partial charge in [-0.1, -0.05) is 31.2 Å². The molecule has 0 bridgehead atoms. The lowest BCUT2D eigenvalue weighted by atomic mass is 10.1. The summed E-state index contributed by atoms with van der Waals surface area (Å²) in [5, 5.41) is 3.63. The van der Waals surface area contributed by atoms with Gasteiger partial charge in [-0.2, -0.15) is 5.10 Å². The fourth-order valence-corrected chi connectivity index (χ4v) is 1.06. The van der Waals surface area contributed by atoms with Crippen molar-refractivity contribution in [1.82, 2.24) is 0 Å². The summed E-state index contributed by atoms with van der Waals surface area (Å²) in [5.74, 6) is 5.16. The standard InChI is InChI=1S/C10H14N2/c1-3-9-4-6-10(7-5-9)8(2)12-11/h4-7H,3,11H2,1-2H3/b12-8+. The highest BCUT2D eigenvalue weighted by molar-refractivity contribution is 5.98. The molecule has 0 amide bonds. The van der Waals surface area contributed by atoms with Gasteiger partial charge in [0.2, 0.25) is 0 Å². The summed E-state index contributed by atoms with van der Waals surface area (Å²) >= 11 is 0. The van der Waals surface area contributed by atoms with E-state index in [9.17, 15) is 0 Å². The Morgan fingerprint density at radius 2 is 1.92 bits per heavy atom. The quantitative estimate of drug-likeness (QED) is 0.403. The maximum atomic E-state index is 5.16. The molecule has 0 aliphatic carbocycles. The first-order chi connectivity index (χ1) is 5.77. The number of hydrazone groups is 1. The van der Waals surface area contributed by atoms with E-state index in [2.05, 4.69) is 24.2 Å². The van der Waals surface area contributed by atoms with Crippen molar-refractivity contribution in [2.24, 2.45) is 10.9 Å². The maximum absolute atomic E-state index is 5.16. The van der Waals surface area contributed by atoms with Crippen LogP contribution in [0.4, 0.5) is 0 Å². The number of hydrogen-bond donors (Lipinski definition) is 1. The summed E-state index contributed by atoms with van der Waals surface area (Å²) in [4.78, 5) is 0. The summed E-state index contributed by atoms with van der Waals surface area (Å²) < 4.78 is 0. The number of nitrogens with zero attached hydrogens (tertiary/aromatic N) is 1. The van der Waals surface area contributed by atoms with Crippen LogP contribution in [-0.2, 0) is 6.42 Å². The summed E-state index contributed by atoms with van der Waals surface area (Å²) in [5.41, 5.74) is 3.30. The van der Waals surface area contributed by atoms with Crippen LogP contribution in [0.25, 0.3) is 0 Å². The lowest BCUT2D eigenvalue weighted by Crippen LogP contribution is -1.98. The van der Waals surface area contributed by atoms with Crippen molar-refractivity contribution in [3.05, 3.63) is 35.4 Å². The molecule has 1 rings (SSSR count). The average Bonchev–Trinajstić information content (AvgIpc) is 2.17. The van der Waals surface area contributed by atoms with Crippen LogP contribution in [0.3, 0.4) is 0 Å². The Hall–Kier alpha value is -1.31. The second kappa shape index (κ2) is 3.90. The monoisotopic (exact) mass is 162 g/mol. The number of benzene rings is 1. The highest BCUT2D eigenvalue weighted by Gasteiger charge is 1.95. The third-order valence-corrected chi connectivity index (χ3v) is 1.97. The van der Waals surface area contributed by atoms with E-state index in [0.717, 1.165) is 17.7 Å². The van der Waals surface area contributed by atoms with Gasteiger partial charge in [0, 0.05) is 0 Å². The second-order valence-corrected chi connectivity index (χ2v) is 2.76. The first kappa shape index (κ1) is 8.78. The number of nitrogens with two attached hydrogens (primary N) is 1. The van der Waals surface area contributed by atoms with Crippen LogP contribution in [0, 0.1) is 0 Å². The molecule has 0 aliphatic heterocycles. The fourth-order valence-electron chi connectivity index (χ4n) is 1.06. The Labute approximate surface area is 73.1 Å². The van der Waals surface area contributed by atoms with Gasteiger partial charge in [-0.15, -0.1) is 0 Å². The average molecular weight is 162 g/mol. The highest BCUT2D eigenvalue weighted by atomic mass is 15.1. The third-order valence-electron chi connectivity index (χ3n) is 1.97. The van der Waals surface area contributed by atoms with Crippen LogP contribution >= 0.6 is 0 Å². The van der Waals surface area contributed by atoms with Crippen molar-refractivity contribution < 1.29 is 0 Å². The summed E-state index contributed by atoms with van der Waals surface area (Å²) in [6.07, 6.45) is 1.07. The molecule has 12 heavy (non-hydrogen) atoms. The molecule has 0 atom stereocenters. The Balaban J connectivity index is 2.92. The Morgan fingerprint density at radius 3 is 2.33 bits per heavy atom. The van der Waals surface area contributed by atoms with Crippen LogP contribution in [0.2, 0.25) is 0 Å². The largest absolute Gasteiger partial charge is 0.323 e. The molecule has 2 heteroatoms. The molecular formula is C10H14N2. The molecule has 0 heterocycles. The Kier molecular flexibility index (Phi) is 2.86. The topological polar surface area (TPSA) is 38.4 Å². The first-order valence-electron chi connectivity index (χ1n) is 4.11. The lowest BCUT2D eigenvalue weighted by molar-refractivity contribution is 1.14. The first-order valence-corrected chi connectivity index (χ1v) is 4.11. The van der Waals surface area contributed by atoms with Gasteiger partial charge in [-0.25, -0.2) is 0 Å². The molecule has 0 unspecified atom stereocenters. The molecule has 64 valence electrons. The van der Waals surface area contributed by atoms with Crippen molar-refractivity contribution in [3.63, 3.8) is 0 Å². The van der Waals surface area contributed by atoms with Gasteiger partial charge < -0.3 is 5.84 Å². The summed E-state index contributed by atoms with van der Waals surface area (Å²) in [7, 11) is 0. The molecule has 0 aliphatic rings. The van der Waals surface area contributed by atoms with Gasteiger partial charge in [0.15, 0.2) is 0 Å². The third kappa shape index (κ3) is 1.84. The van der Waals surface area contributed by atoms with Gasteiger partial charge in [-0.05, 0) is 24.5 Å². The Bertz CT molecular complexity index is 272. The Morgan fingerprint density at radius 1 is 1.33 bits per heavy atom. The van der Waals surface area contributed by atoms with Crippen LogP contribution in [-0.4, -0.2) is 5.71 Å². The minimum Gasteiger partial charge on any atom is -0.323 e. The maximum Gasteiger partial charge on any atom is 0.0641 e. The fraction of sp³-hybridized carbons (Fsp3) is 0.300. The van der Waals surface area contributed by atoms with E-state index in [4.69, 9.17) is 5.84 Å². The predicted molar refractivity (Wildman–Crippen MR) is 52.2 cm³/mol. The number of hydrogen-bond acceptors (Lipinski definition) is 2. The predicted octanol–water partition coefficient (Wildman–Crippen LogP) is 1.93. The van der Waals surface area contributed by atoms with E-state index in [1.54, 1.807) is 0 Å². The van der Waals surface area contributed by atoms with Gasteiger partial charge in [0.25, 0.3) is 0 Å². The van der Waals surface area contributed by atoms with E-state index in [-0.39, 0.29) is 0 Å². The van der Waals surface area contributed by atoms with Crippen LogP contribution in [0.1, 0.15) is 25.0 Å². The van der Waals surface area contributed by atoms with Crippen molar-refractivity contribution >= 4 is 5.71 Å². The molecule has 0 saturated carbocycles. The second-order valence-electron chi connectivity index (χ2n) is 2.76. The van der Waals surface area contributed by atoms with Gasteiger partial charge in [-0.3, -0.25) is 0 Å². The van der Waals surface area contributed by atoms with Gasteiger partial charge in [0.05, 0.1) is 5.71 Å². The van der Waals surface area contributed by atoms with E-state index in [1.165, 1.54) is 5.56 Å². The van der Waals surface area contributed by atoms with Crippen LogP contribution in [0.5, 0.6) is 0 Å². The van der Waals surface area contributed by atoms with Gasteiger partial charge >= 0.3 is 0 Å². The van der Waals surface area contributed by atoms with E-state index < -0.39 is 0 Å². The molecule has 2 N–H and O–H groups in total. The van der Waals surface area contributed by atoms with Gasteiger partial charge in [0.1, 0.15) is 0 Å². The number of aryl methyl sites for hydroxylation is 1. The van der Waals surface area contributed by atoms with Crippen LogP contribution < -0.4 is 5.84 Å². The van der Waals surface area contributed by atoms with Crippen molar-refractivity contribution in [2.45, 2.75) is 20.3 Å². The zero-order valence-corrected chi connectivity index (χ0v) is 7.54. The molecular weight excluding hydrogens is 148 g/mol. The molecule has 1 aromatic carbocycles. The highest BCUT2D eigenvalue weighted by Crippen LogP contribution is 2.05. The normalized spacial score (nSPS) is 11.7. The molecule has 0 spiro atoms. The smallest absolute Gasteiger partial charge is 0.0641 e. The molecule has 0 aromatic heterocycles. The lowest BCUT2D eigenvalue weighted by Gasteiger charge is -2.00. The van der Waals surface area contributed by atoms with Crippen molar-refractivity contribution in [3.8, 4) is 0 Å². The minimum atomic E-state index is 0.873. The summed E-state index contributed by atoms with van der Waals surface area (Å²) in [6.45, 7) is 4.04. The van der Waals surface area contributed by atoms with Crippen molar-refractivity contribution in [1.29, 1.82) is 0 Å². The number of rotatable bonds is 2. The summed E-state index contributed by atoms with van der Waals surface area (Å²) in [6, 6.07) is 8.29.